The van der Waals surface area contributed by atoms with Gasteiger partial charge in [0.1, 0.15) is 23.9 Å². The van der Waals surface area contributed by atoms with Gasteiger partial charge in [-0.15, -0.1) is 0 Å². The van der Waals surface area contributed by atoms with Crippen molar-refractivity contribution in [3.63, 3.8) is 0 Å². The summed E-state index contributed by atoms with van der Waals surface area (Å²) in [5.41, 5.74) is 1.96. The molecule has 0 fully saturated rings. The molecule has 4 aromatic carbocycles. The van der Waals surface area contributed by atoms with Crippen molar-refractivity contribution in [2.45, 2.75) is 13.5 Å². The lowest BCUT2D eigenvalue weighted by Gasteiger charge is -2.15. The molecule has 0 bridgehead atoms. The highest BCUT2D eigenvalue weighted by atomic mass is 35.5. The maximum Gasteiger partial charge on any atom is 0.308 e. The third kappa shape index (κ3) is 6.22. The first-order valence-corrected chi connectivity index (χ1v) is 11.2. The van der Waals surface area contributed by atoms with Crippen molar-refractivity contribution in [1.82, 2.24) is 0 Å². The molecule has 0 aliphatic carbocycles. The number of rotatable bonds is 8. The third-order valence-corrected chi connectivity index (χ3v) is 5.34. The summed E-state index contributed by atoms with van der Waals surface area (Å²) in [6, 6.07) is 27.5. The van der Waals surface area contributed by atoms with Crippen molar-refractivity contribution in [2.75, 3.05) is 5.32 Å². The molecule has 0 saturated heterocycles. The van der Waals surface area contributed by atoms with Crippen LogP contribution >= 0.6 is 23.2 Å². The fourth-order valence-corrected chi connectivity index (χ4v) is 3.67. The molecule has 0 radical (unpaired) electrons. The van der Waals surface area contributed by atoms with Gasteiger partial charge in [0.05, 0.1) is 21.4 Å². The standard InChI is InChI=1S/C27H21Cl2NO4/c1-18(31)33-26-16-21(13-14-25(26)30-27-23(28)11-6-12-24(27)29)32-17-19-7-5-10-22(15-19)34-20-8-3-2-4-9-20/h2-16,30H,17H2,1H3. The number of carbonyl (C=O) groups excluding carboxylic acids is 1. The van der Waals surface area contributed by atoms with Crippen molar-refractivity contribution in [1.29, 1.82) is 0 Å². The fourth-order valence-electron chi connectivity index (χ4n) is 3.18. The van der Waals surface area contributed by atoms with E-state index in [1.807, 2.05) is 54.6 Å². The van der Waals surface area contributed by atoms with E-state index in [1.165, 1.54) is 6.92 Å². The monoisotopic (exact) mass is 493 g/mol. The zero-order valence-electron chi connectivity index (χ0n) is 18.3. The topological polar surface area (TPSA) is 56.8 Å². The molecule has 5 nitrogen and oxygen atoms in total. The van der Waals surface area contributed by atoms with E-state index in [9.17, 15) is 4.79 Å². The van der Waals surface area contributed by atoms with Gasteiger partial charge in [0.25, 0.3) is 0 Å². The molecule has 1 N–H and O–H groups in total. The molecule has 0 aliphatic heterocycles. The highest BCUT2D eigenvalue weighted by Crippen LogP contribution is 2.37. The maximum atomic E-state index is 11.7. The largest absolute Gasteiger partial charge is 0.489 e. The second kappa shape index (κ2) is 11.0. The summed E-state index contributed by atoms with van der Waals surface area (Å²) in [5.74, 6) is 1.83. The second-order valence-electron chi connectivity index (χ2n) is 7.32. The molecule has 0 unspecified atom stereocenters. The smallest absolute Gasteiger partial charge is 0.308 e. The Balaban J connectivity index is 1.49. The van der Waals surface area contributed by atoms with Crippen LogP contribution in [0.25, 0.3) is 0 Å². The first-order chi connectivity index (χ1) is 16.5. The first kappa shape index (κ1) is 23.5. The minimum absolute atomic E-state index is 0.294. The van der Waals surface area contributed by atoms with Crippen molar-refractivity contribution < 1.29 is 19.0 Å². The van der Waals surface area contributed by atoms with E-state index in [0.717, 1.165) is 11.3 Å². The number of ether oxygens (including phenoxy) is 3. The van der Waals surface area contributed by atoms with Crippen molar-refractivity contribution in [3.8, 4) is 23.0 Å². The number of esters is 1. The average Bonchev–Trinajstić information content (AvgIpc) is 2.82. The van der Waals surface area contributed by atoms with Gasteiger partial charge in [0.15, 0.2) is 5.75 Å². The Morgan fingerprint density at radius 3 is 2.24 bits per heavy atom. The van der Waals surface area contributed by atoms with Crippen molar-refractivity contribution in [3.05, 3.63) is 107 Å². The van der Waals surface area contributed by atoms with Gasteiger partial charge in [-0.25, -0.2) is 0 Å². The van der Waals surface area contributed by atoms with Gasteiger partial charge in [-0.3, -0.25) is 4.79 Å². The van der Waals surface area contributed by atoms with Crippen LogP contribution in [0.15, 0.2) is 91.0 Å². The minimum Gasteiger partial charge on any atom is -0.489 e. The summed E-state index contributed by atoms with van der Waals surface area (Å²) in [4.78, 5) is 11.7. The molecule has 0 saturated carbocycles. The molecule has 0 amide bonds. The van der Waals surface area contributed by atoms with Gasteiger partial charge in [-0.2, -0.15) is 0 Å². The number of halogens is 2. The molecule has 0 heterocycles. The van der Waals surface area contributed by atoms with Crippen LogP contribution in [0.2, 0.25) is 10.0 Å². The van der Waals surface area contributed by atoms with Crippen LogP contribution in [0.3, 0.4) is 0 Å². The highest BCUT2D eigenvalue weighted by molar-refractivity contribution is 6.39. The summed E-state index contributed by atoms with van der Waals surface area (Å²) in [5, 5.41) is 4.02. The van der Waals surface area contributed by atoms with E-state index < -0.39 is 5.97 Å². The number of nitrogens with one attached hydrogen (secondary N) is 1. The van der Waals surface area contributed by atoms with Crippen LogP contribution in [0.1, 0.15) is 12.5 Å². The predicted molar refractivity (Wildman–Crippen MR) is 135 cm³/mol. The molecule has 0 spiro atoms. The molecular formula is C27H21Cl2NO4. The summed E-state index contributed by atoms with van der Waals surface area (Å²) < 4.78 is 17.2. The molecular weight excluding hydrogens is 473 g/mol. The maximum absolute atomic E-state index is 11.7. The molecule has 7 heteroatoms. The van der Waals surface area contributed by atoms with E-state index in [2.05, 4.69) is 5.32 Å². The lowest BCUT2D eigenvalue weighted by atomic mass is 10.2. The van der Waals surface area contributed by atoms with Crippen LogP contribution in [0.4, 0.5) is 11.4 Å². The van der Waals surface area contributed by atoms with E-state index >= 15 is 0 Å². The van der Waals surface area contributed by atoms with Gasteiger partial charge >= 0.3 is 5.97 Å². The van der Waals surface area contributed by atoms with Gasteiger partial charge in [-0.05, 0) is 54.1 Å². The van der Waals surface area contributed by atoms with Crippen LogP contribution in [0.5, 0.6) is 23.0 Å². The Bertz CT molecular complexity index is 1270. The Hall–Kier alpha value is -3.67. The summed E-state index contributed by atoms with van der Waals surface area (Å²) in [6.45, 7) is 1.63. The Morgan fingerprint density at radius 1 is 0.794 bits per heavy atom. The first-order valence-electron chi connectivity index (χ1n) is 10.5. The van der Waals surface area contributed by atoms with E-state index in [4.69, 9.17) is 37.4 Å². The number of hydrogen-bond donors (Lipinski definition) is 1. The quantitative estimate of drug-likeness (QED) is 0.199. The van der Waals surface area contributed by atoms with Gasteiger partial charge in [0.2, 0.25) is 0 Å². The molecule has 0 aromatic heterocycles. The van der Waals surface area contributed by atoms with Crippen LogP contribution in [0, 0.1) is 0 Å². The Labute approximate surface area is 207 Å². The average molecular weight is 494 g/mol. The van der Waals surface area contributed by atoms with Gasteiger partial charge in [-0.1, -0.05) is 59.6 Å². The lowest BCUT2D eigenvalue weighted by Crippen LogP contribution is -2.05. The minimum atomic E-state index is -0.462. The van der Waals surface area contributed by atoms with Crippen molar-refractivity contribution >= 4 is 40.5 Å². The van der Waals surface area contributed by atoms with Crippen LogP contribution in [-0.2, 0) is 11.4 Å². The van der Waals surface area contributed by atoms with Crippen LogP contribution in [-0.4, -0.2) is 5.97 Å². The fraction of sp³-hybridized carbons (Fsp3) is 0.0741. The zero-order valence-corrected chi connectivity index (χ0v) is 19.8. The van der Waals surface area contributed by atoms with Gasteiger partial charge < -0.3 is 19.5 Å². The molecule has 172 valence electrons. The molecule has 4 rings (SSSR count). The zero-order chi connectivity index (χ0) is 23.9. The van der Waals surface area contributed by atoms with Gasteiger partial charge in [0, 0.05) is 13.0 Å². The summed E-state index contributed by atoms with van der Waals surface area (Å²) >= 11 is 12.5. The molecule has 0 aliphatic rings. The third-order valence-electron chi connectivity index (χ3n) is 4.71. The Kier molecular flexibility index (Phi) is 7.58. The SMILES string of the molecule is CC(=O)Oc1cc(OCc2cccc(Oc3ccccc3)c2)ccc1Nc1c(Cl)cccc1Cl. The normalized spacial score (nSPS) is 10.4. The molecule has 0 atom stereocenters. The van der Waals surface area contributed by atoms with Crippen LogP contribution < -0.4 is 19.5 Å². The number of anilines is 2. The van der Waals surface area contributed by atoms with E-state index in [1.54, 1.807) is 36.4 Å². The summed E-state index contributed by atoms with van der Waals surface area (Å²) in [6.07, 6.45) is 0. The summed E-state index contributed by atoms with van der Waals surface area (Å²) in [7, 11) is 0. The van der Waals surface area contributed by atoms with E-state index in [-0.39, 0.29) is 0 Å². The molecule has 4 aromatic rings. The lowest BCUT2D eigenvalue weighted by molar-refractivity contribution is -0.131. The highest BCUT2D eigenvalue weighted by Gasteiger charge is 2.13. The number of carbonyl (C=O) groups is 1. The predicted octanol–water partition coefficient (Wildman–Crippen LogP) is 8.03. The Morgan fingerprint density at radius 2 is 1.50 bits per heavy atom. The van der Waals surface area contributed by atoms with Crippen molar-refractivity contribution in [2.24, 2.45) is 0 Å². The number of benzene rings is 4. The van der Waals surface area contributed by atoms with E-state index in [0.29, 0.717) is 45.3 Å². The molecule has 34 heavy (non-hydrogen) atoms. The number of hydrogen-bond acceptors (Lipinski definition) is 5. The number of para-hydroxylation sites is 2. The second-order valence-corrected chi connectivity index (χ2v) is 8.14.